The van der Waals surface area contributed by atoms with E-state index < -0.39 is 0 Å². The summed E-state index contributed by atoms with van der Waals surface area (Å²) in [6, 6.07) is 4.63. The molecule has 1 aromatic carbocycles. The fourth-order valence-corrected chi connectivity index (χ4v) is 3.66. The fourth-order valence-electron chi connectivity index (χ4n) is 3.66. The Labute approximate surface area is 113 Å². The van der Waals surface area contributed by atoms with Gasteiger partial charge in [-0.2, -0.15) is 0 Å². The van der Waals surface area contributed by atoms with E-state index in [1.807, 2.05) is 6.92 Å². The number of benzene rings is 1. The first kappa shape index (κ1) is 12.9. The molecular weight excluding hydrogens is 243 g/mol. The van der Waals surface area contributed by atoms with E-state index in [0.717, 1.165) is 24.2 Å². The van der Waals surface area contributed by atoms with Crippen LogP contribution in [-0.4, -0.2) is 17.3 Å². The molecule has 2 atom stereocenters. The second-order valence-electron chi connectivity index (χ2n) is 6.06. The van der Waals surface area contributed by atoms with Crippen molar-refractivity contribution in [2.75, 3.05) is 0 Å². The average molecular weight is 264 g/mol. The predicted octanol–water partition coefficient (Wildman–Crippen LogP) is 3.60. The van der Waals surface area contributed by atoms with Gasteiger partial charge >= 0.3 is 0 Å². The zero-order chi connectivity index (χ0) is 13.5. The van der Waals surface area contributed by atoms with E-state index in [2.05, 4.69) is 0 Å². The molecule has 2 nitrogen and oxygen atoms in total. The van der Waals surface area contributed by atoms with Gasteiger partial charge in [0.25, 0.3) is 0 Å². The molecule has 0 saturated heterocycles. The van der Waals surface area contributed by atoms with Crippen LogP contribution in [0.1, 0.15) is 44.1 Å². The summed E-state index contributed by atoms with van der Waals surface area (Å²) in [5.41, 5.74) is 0.784. The molecule has 2 aliphatic carbocycles. The Balaban J connectivity index is 1.76. The Kier molecular flexibility index (Phi) is 3.25. The quantitative estimate of drug-likeness (QED) is 0.884. The first-order valence-electron chi connectivity index (χ1n) is 7.23. The van der Waals surface area contributed by atoms with Crippen LogP contribution >= 0.6 is 0 Å². The minimum absolute atomic E-state index is 0.0426. The molecular formula is C16H21FO2. The van der Waals surface area contributed by atoms with Crippen LogP contribution in [0.25, 0.3) is 0 Å². The molecule has 2 aliphatic rings. The number of ether oxygens (including phenoxy) is 1. The van der Waals surface area contributed by atoms with Crippen LogP contribution in [0.5, 0.6) is 5.75 Å². The molecule has 1 spiro atoms. The fraction of sp³-hybridized carbons (Fsp3) is 0.625. The number of aliphatic hydroxyl groups excluding tert-OH is 1. The van der Waals surface area contributed by atoms with Crippen molar-refractivity contribution in [3.63, 3.8) is 0 Å². The lowest BCUT2D eigenvalue weighted by Gasteiger charge is -2.55. The third-order valence-corrected chi connectivity index (χ3v) is 4.93. The van der Waals surface area contributed by atoms with Crippen LogP contribution in [-0.2, 0) is 0 Å². The van der Waals surface area contributed by atoms with Crippen molar-refractivity contribution in [3.05, 3.63) is 29.6 Å². The summed E-state index contributed by atoms with van der Waals surface area (Å²) < 4.78 is 19.2. The second-order valence-corrected chi connectivity index (χ2v) is 6.06. The van der Waals surface area contributed by atoms with E-state index in [4.69, 9.17) is 4.74 Å². The SMILES string of the molecule is Cc1cc(F)ccc1OC1CC(O)C12CCCCC2. The van der Waals surface area contributed by atoms with Gasteiger partial charge in [0.1, 0.15) is 17.7 Å². The molecule has 0 radical (unpaired) electrons. The van der Waals surface area contributed by atoms with Gasteiger partial charge in [-0.15, -0.1) is 0 Å². The Morgan fingerprint density at radius 2 is 2.00 bits per heavy atom. The highest BCUT2D eigenvalue weighted by molar-refractivity contribution is 5.33. The Hall–Kier alpha value is -1.09. The average Bonchev–Trinajstić information content (AvgIpc) is 2.42. The van der Waals surface area contributed by atoms with Crippen LogP contribution in [0.4, 0.5) is 4.39 Å². The highest BCUT2D eigenvalue weighted by Crippen LogP contribution is 2.53. The van der Waals surface area contributed by atoms with Gasteiger partial charge in [-0.1, -0.05) is 19.3 Å². The van der Waals surface area contributed by atoms with Gasteiger partial charge in [-0.3, -0.25) is 0 Å². The first-order chi connectivity index (χ1) is 9.12. The summed E-state index contributed by atoms with van der Waals surface area (Å²) in [4.78, 5) is 0. The van der Waals surface area contributed by atoms with E-state index in [9.17, 15) is 9.50 Å². The van der Waals surface area contributed by atoms with Crippen LogP contribution in [0.3, 0.4) is 0 Å². The molecule has 19 heavy (non-hydrogen) atoms. The van der Waals surface area contributed by atoms with Crippen molar-refractivity contribution in [1.29, 1.82) is 0 Å². The highest BCUT2D eigenvalue weighted by Gasteiger charge is 2.56. The van der Waals surface area contributed by atoms with Crippen LogP contribution in [0.15, 0.2) is 18.2 Å². The lowest BCUT2D eigenvalue weighted by atomic mass is 9.56. The topological polar surface area (TPSA) is 29.5 Å². The molecule has 0 aliphatic heterocycles. The maximum atomic E-state index is 13.1. The van der Waals surface area contributed by atoms with Gasteiger partial charge in [-0.05, 0) is 43.5 Å². The monoisotopic (exact) mass is 264 g/mol. The molecule has 3 heteroatoms. The molecule has 2 saturated carbocycles. The summed E-state index contributed by atoms with van der Waals surface area (Å²) in [7, 11) is 0. The van der Waals surface area contributed by atoms with Gasteiger partial charge in [0.05, 0.1) is 6.10 Å². The van der Waals surface area contributed by atoms with E-state index >= 15 is 0 Å². The number of hydrogen-bond donors (Lipinski definition) is 1. The predicted molar refractivity (Wildman–Crippen MR) is 71.7 cm³/mol. The Morgan fingerprint density at radius 1 is 1.26 bits per heavy atom. The van der Waals surface area contributed by atoms with Crippen molar-refractivity contribution >= 4 is 0 Å². The van der Waals surface area contributed by atoms with Crippen LogP contribution in [0, 0.1) is 18.2 Å². The molecule has 1 aromatic rings. The molecule has 2 unspecified atom stereocenters. The Morgan fingerprint density at radius 3 is 2.63 bits per heavy atom. The number of halogens is 1. The number of rotatable bonds is 2. The summed E-state index contributed by atoms with van der Waals surface area (Å²) in [5, 5.41) is 10.1. The zero-order valence-electron chi connectivity index (χ0n) is 11.4. The Bertz CT molecular complexity index is 466. The third-order valence-electron chi connectivity index (χ3n) is 4.93. The zero-order valence-corrected chi connectivity index (χ0v) is 11.4. The van der Waals surface area contributed by atoms with Crippen LogP contribution < -0.4 is 4.74 Å². The van der Waals surface area contributed by atoms with Gasteiger partial charge in [0, 0.05) is 11.8 Å². The largest absolute Gasteiger partial charge is 0.489 e. The minimum atomic E-state index is -0.231. The summed E-state index contributed by atoms with van der Waals surface area (Å²) >= 11 is 0. The summed E-state index contributed by atoms with van der Waals surface area (Å²) in [6.45, 7) is 1.86. The van der Waals surface area contributed by atoms with E-state index in [0.29, 0.717) is 6.42 Å². The van der Waals surface area contributed by atoms with Crippen molar-refractivity contribution in [1.82, 2.24) is 0 Å². The molecule has 0 amide bonds. The van der Waals surface area contributed by atoms with Crippen molar-refractivity contribution in [3.8, 4) is 5.75 Å². The van der Waals surface area contributed by atoms with Gasteiger partial charge in [0.2, 0.25) is 0 Å². The van der Waals surface area contributed by atoms with Crippen LogP contribution in [0.2, 0.25) is 0 Å². The van der Waals surface area contributed by atoms with Gasteiger partial charge in [0.15, 0.2) is 0 Å². The summed E-state index contributed by atoms with van der Waals surface area (Å²) in [6.07, 6.45) is 6.30. The maximum absolute atomic E-state index is 13.1. The first-order valence-corrected chi connectivity index (χ1v) is 7.23. The van der Waals surface area contributed by atoms with E-state index in [1.54, 1.807) is 6.07 Å². The molecule has 0 aromatic heterocycles. The third kappa shape index (κ3) is 2.14. The normalized spacial score (nSPS) is 29.0. The van der Waals surface area contributed by atoms with Gasteiger partial charge < -0.3 is 9.84 Å². The maximum Gasteiger partial charge on any atom is 0.123 e. The number of hydrogen-bond acceptors (Lipinski definition) is 2. The van der Waals surface area contributed by atoms with E-state index in [1.165, 1.54) is 31.4 Å². The molecule has 104 valence electrons. The molecule has 3 rings (SSSR count). The van der Waals surface area contributed by atoms with Crippen molar-refractivity contribution in [2.45, 2.75) is 57.7 Å². The minimum Gasteiger partial charge on any atom is -0.489 e. The molecule has 2 fully saturated rings. The van der Waals surface area contributed by atoms with Gasteiger partial charge in [-0.25, -0.2) is 4.39 Å². The number of aryl methyl sites for hydroxylation is 1. The van der Waals surface area contributed by atoms with E-state index in [-0.39, 0.29) is 23.4 Å². The second kappa shape index (κ2) is 4.78. The smallest absolute Gasteiger partial charge is 0.123 e. The summed E-state index contributed by atoms with van der Waals surface area (Å²) in [5.74, 6) is 0.522. The highest BCUT2D eigenvalue weighted by atomic mass is 19.1. The van der Waals surface area contributed by atoms with Crippen molar-refractivity contribution < 1.29 is 14.2 Å². The lowest BCUT2D eigenvalue weighted by Crippen LogP contribution is -2.60. The standard InChI is InChI=1S/C16H21FO2/c1-11-9-12(17)5-6-13(11)19-15-10-14(18)16(15)7-3-2-4-8-16/h5-6,9,14-15,18H,2-4,7-8,10H2,1H3. The van der Waals surface area contributed by atoms with Crippen molar-refractivity contribution in [2.24, 2.45) is 5.41 Å². The molecule has 1 N–H and O–H groups in total. The lowest BCUT2D eigenvalue weighted by molar-refractivity contribution is -0.172. The number of aliphatic hydroxyl groups is 1. The molecule has 0 heterocycles. The molecule has 0 bridgehead atoms.